The molecule has 15 heavy (non-hydrogen) atoms. The Labute approximate surface area is 93.5 Å². The molecule has 0 spiro atoms. The maximum atomic E-state index is 2.27. The van der Waals surface area contributed by atoms with Crippen LogP contribution in [-0.2, 0) is 0 Å². The molecule has 0 aliphatic carbocycles. The van der Waals surface area contributed by atoms with E-state index in [1.165, 1.54) is 9.79 Å². The van der Waals surface area contributed by atoms with Gasteiger partial charge in [-0.2, -0.15) is 0 Å². The summed E-state index contributed by atoms with van der Waals surface area (Å²) in [6.07, 6.45) is 0. The van der Waals surface area contributed by atoms with E-state index in [1.807, 2.05) is 0 Å². The predicted molar refractivity (Wildman–Crippen MR) is 68.7 cm³/mol. The molecule has 2 rings (SSSR count). The van der Waals surface area contributed by atoms with E-state index in [1.54, 1.807) is 0 Å². The van der Waals surface area contributed by atoms with E-state index >= 15 is 0 Å². The molecule has 0 N–H and O–H groups in total. The van der Waals surface area contributed by atoms with Gasteiger partial charge in [0.2, 0.25) is 0 Å². The molecular formula is C14H14S. The third-order valence-electron chi connectivity index (χ3n) is 2.23. The van der Waals surface area contributed by atoms with E-state index in [-0.39, 0.29) is 10.5 Å². The molecule has 0 radical (unpaired) electrons. The maximum absolute atomic E-state index is 2.27. The van der Waals surface area contributed by atoms with Crippen molar-refractivity contribution in [2.24, 2.45) is 0 Å². The molecule has 0 saturated carbocycles. The quantitative estimate of drug-likeness (QED) is 0.657. The third-order valence-corrected chi connectivity index (χ3v) is 4.26. The second-order valence-corrected chi connectivity index (χ2v) is 5.29. The topological polar surface area (TPSA) is 0 Å². The number of hydrogen-bond donors (Lipinski definition) is 0. The van der Waals surface area contributed by atoms with Gasteiger partial charge in [-0.25, -0.2) is 0 Å². The van der Waals surface area contributed by atoms with Crippen molar-refractivity contribution in [2.45, 2.75) is 16.7 Å². The van der Waals surface area contributed by atoms with Gasteiger partial charge in [0.15, 0.2) is 0 Å². The van der Waals surface area contributed by atoms with Crippen molar-refractivity contribution in [1.82, 2.24) is 0 Å². The average Bonchev–Trinajstić information content (AvgIpc) is 2.33. The minimum atomic E-state index is 0.117. The van der Waals surface area contributed by atoms with E-state index in [4.69, 9.17) is 0 Å². The van der Waals surface area contributed by atoms with E-state index in [0.717, 1.165) is 0 Å². The first-order valence-corrected chi connectivity index (χ1v) is 6.33. The lowest BCUT2D eigenvalue weighted by atomic mass is 10.4. The number of rotatable bonds is 2. The first-order valence-electron chi connectivity index (χ1n) is 5.04. The summed E-state index contributed by atoms with van der Waals surface area (Å²) in [6, 6.07) is 21.3. The zero-order valence-corrected chi connectivity index (χ0v) is 9.58. The van der Waals surface area contributed by atoms with Crippen molar-refractivity contribution in [3.8, 4) is 0 Å². The summed E-state index contributed by atoms with van der Waals surface area (Å²) in [6.45, 7) is 2.13. The molecule has 0 aliphatic heterocycles. The zero-order valence-electron chi connectivity index (χ0n) is 8.76. The Morgan fingerprint density at radius 3 is 1.47 bits per heavy atom. The molecule has 2 aromatic carbocycles. The maximum Gasteiger partial charge on any atom is 0.00588 e. The van der Waals surface area contributed by atoms with E-state index in [0.29, 0.717) is 0 Å². The van der Waals surface area contributed by atoms with E-state index in [9.17, 15) is 0 Å². The van der Waals surface area contributed by atoms with Crippen LogP contribution in [0.2, 0.25) is 0 Å². The molecular weight excluding hydrogens is 200 g/mol. The Hall–Kier alpha value is -1.34. The fraction of sp³-hybridized carbons (Fsp3) is 0.0714. The van der Waals surface area contributed by atoms with Crippen LogP contribution in [0.25, 0.3) is 0 Å². The molecule has 0 unspecified atom stereocenters. The Bertz CT molecular complexity index is 402. The van der Waals surface area contributed by atoms with Crippen LogP contribution in [0.3, 0.4) is 0 Å². The van der Waals surface area contributed by atoms with Crippen LogP contribution in [0, 0.1) is 0 Å². The lowest BCUT2D eigenvalue weighted by Gasteiger charge is -2.08. The van der Waals surface area contributed by atoms with Crippen LogP contribution in [0.15, 0.2) is 70.5 Å². The summed E-state index contributed by atoms with van der Waals surface area (Å²) in [5, 5.41) is 2.27. The molecule has 0 atom stereocenters. The fourth-order valence-corrected chi connectivity index (χ4v) is 3.26. The smallest absolute Gasteiger partial charge is 0.00588 e. The molecule has 2 aromatic rings. The fourth-order valence-electron chi connectivity index (χ4n) is 1.54. The number of hydrogen-bond acceptors (Lipinski definition) is 0. The lowest BCUT2D eigenvalue weighted by molar-refractivity contribution is 1.40. The van der Waals surface area contributed by atoms with Crippen LogP contribution in [0.4, 0.5) is 0 Å². The van der Waals surface area contributed by atoms with Crippen molar-refractivity contribution >= 4 is 15.9 Å². The van der Waals surface area contributed by atoms with Gasteiger partial charge < -0.3 is 0 Å². The molecule has 0 heterocycles. The molecule has 0 aliphatic rings. The SMILES string of the molecule is CC=S(c1ccccc1)c1ccccc1. The van der Waals surface area contributed by atoms with Crippen molar-refractivity contribution in [3.05, 3.63) is 60.7 Å². The Morgan fingerprint density at radius 2 is 1.13 bits per heavy atom. The van der Waals surface area contributed by atoms with Crippen LogP contribution >= 0.6 is 10.5 Å². The molecule has 0 nitrogen and oxygen atoms in total. The van der Waals surface area contributed by atoms with E-state index in [2.05, 4.69) is 73.0 Å². The molecule has 1 heteroatoms. The summed E-state index contributed by atoms with van der Waals surface area (Å²) in [4.78, 5) is 2.76. The van der Waals surface area contributed by atoms with Crippen LogP contribution in [0.1, 0.15) is 6.92 Å². The van der Waals surface area contributed by atoms with Gasteiger partial charge in [-0.15, -0.1) is 10.5 Å². The Kier molecular flexibility index (Phi) is 3.36. The summed E-state index contributed by atoms with van der Waals surface area (Å²) >= 11 is 0. The number of benzene rings is 2. The van der Waals surface area contributed by atoms with Crippen LogP contribution in [-0.4, -0.2) is 5.37 Å². The Morgan fingerprint density at radius 1 is 0.733 bits per heavy atom. The van der Waals surface area contributed by atoms with Gasteiger partial charge in [0, 0.05) is 9.79 Å². The van der Waals surface area contributed by atoms with Gasteiger partial charge in [-0.05, 0) is 31.2 Å². The molecule has 0 fully saturated rings. The average molecular weight is 214 g/mol. The third kappa shape index (κ3) is 2.37. The first kappa shape index (κ1) is 10.2. The van der Waals surface area contributed by atoms with Crippen molar-refractivity contribution in [1.29, 1.82) is 0 Å². The van der Waals surface area contributed by atoms with Crippen LogP contribution in [0.5, 0.6) is 0 Å². The van der Waals surface area contributed by atoms with Crippen molar-refractivity contribution in [3.63, 3.8) is 0 Å². The molecule has 0 aromatic heterocycles. The predicted octanol–water partition coefficient (Wildman–Crippen LogP) is 4.20. The second kappa shape index (κ2) is 4.94. The largest absolute Gasteiger partial charge is 0.128 e. The summed E-state index contributed by atoms with van der Waals surface area (Å²) in [7, 11) is 0.117. The van der Waals surface area contributed by atoms with E-state index < -0.39 is 0 Å². The van der Waals surface area contributed by atoms with Crippen molar-refractivity contribution in [2.75, 3.05) is 0 Å². The molecule has 0 saturated heterocycles. The van der Waals surface area contributed by atoms with Crippen molar-refractivity contribution < 1.29 is 0 Å². The van der Waals surface area contributed by atoms with Crippen LogP contribution < -0.4 is 0 Å². The highest BCUT2D eigenvalue weighted by Gasteiger charge is 1.99. The Balaban J connectivity index is 2.44. The van der Waals surface area contributed by atoms with Gasteiger partial charge in [0.1, 0.15) is 0 Å². The minimum Gasteiger partial charge on any atom is -0.128 e. The van der Waals surface area contributed by atoms with Gasteiger partial charge >= 0.3 is 0 Å². The summed E-state index contributed by atoms with van der Waals surface area (Å²) in [5.41, 5.74) is 0. The highest BCUT2D eigenvalue weighted by molar-refractivity contribution is 8.15. The van der Waals surface area contributed by atoms with Gasteiger partial charge in [0.05, 0.1) is 0 Å². The highest BCUT2D eigenvalue weighted by atomic mass is 32.2. The minimum absolute atomic E-state index is 0.117. The lowest BCUT2D eigenvalue weighted by Crippen LogP contribution is -1.79. The first-order chi connectivity index (χ1) is 7.42. The summed E-state index contributed by atoms with van der Waals surface area (Å²) in [5.74, 6) is 0. The molecule has 0 amide bonds. The van der Waals surface area contributed by atoms with Gasteiger partial charge in [-0.3, -0.25) is 0 Å². The van der Waals surface area contributed by atoms with Gasteiger partial charge in [0.25, 0.3) is 0 Å². The molecule has 0 bridgehead atoms. The zero-order chi connectivity index (χ0) is 10.5. The highest BCUT2D eigenvalue weighted by Crippen LogP contribution is 2.34. The monoisotopic (exact) mass is 214 g/mol. The van der Waals surface area contributed by atoms with Gasteiger partial charge in [-0.1, -0.05) is 41.8 Å². The second-order valence-electron chi connectivity index (χ2n) is 3.20. The molecule has 76 valence electrons. The summed E-state index contributed by atoms with van der Waals surface area (Å²) < 4.78 is 0. The normalized spacial score (nSPS) is 10.3. The standard InChI is InChI=1S/C14H14S/c1-2-15(13-9-5-3-6-10-13)14-11-7-4-8-12-14/h2-12H,1H3.